The van der Waals surface area contributed by atoms with Gasteiger partial charge in [0.1, 0.15) is 0 Å². The predicted octanol–water partition coefficient (Wildman–Crippen LogP) is 1.38. The quantitative estimate of drug-likeness (QED) is 0.762. The molecule has 1 atom stereocenters. The van der Waals surface area contributed by atoms with Gasteiger partial charge in [-0.1, -0.05) is 13.0 Å². The molecular formula is C14H23N3O2S. The molecule has 0 aliphatic rings. The minimum Gasteiger partial charge on any atom is -0.355 e. The van der Waals surface area contributed by atoms with Gasteiger partial charge in [-0.2, -0.15) is 0 Å². The topological polar surface area (TPSA) is 61.4 Å². The molecule has 0 aromatic carbocycles. The first-order chi connectivity index (χ1) is 9.56. The molecule has 0 bridgehead atoms. The molecule has 2 amide bonds. The first-order valence-electron chi connectivity index (χ1n) is 6.88. The summed E-state index contributed by atoms with van der Waals surface area (Å²) >= 11 is 1.62. The first-order valence-corrected chi connectivity index (χ1v) is 7.76. The van der Waals surface area contributed by atoms with Crippen molar-refractivity contribution >= 4 is 23.2 Å². The maximum atomic E-state index is 12.0. The fourth-order valence-corrected chi connectivity index (χ4v) is 2.57. The maximum absolute atomic E-state index is 12.0. The Kier molecular flexibility index (Phi) is 7.25. The second-order valence-corrected chi connectivity index (χ2v) is 5.54. The summed E-state index contributed by atoms with van der Waals surface area (Å²) in [5, 5.41) is 7.68. The van der Waals surface area contributed by atoms with Crippen LogP contribution in [0, 0.1) is 0 Å². The lowest BCUT2D eigenvalue weighted by Crippen LogP contribution is -2.43. The fraction of sp³-hybridized carbons (Fsp3) is 0.571. The molecule has 1 aromatic heterocycles. The van der Waals surface area contributed by atoms with Crippen molar-refractivity contribution in [3.05, 3.63) is 22.4 Å². The van der Waals surface area contributed by atoms with Crippen LogP contribution in [0.15, 0.2) is 17.5 Å². The standard InChI is InChI=1S/C14H23N3O2S/c1-4-15-13(18)9-17(5-2)10-14(19)16-11(3)12-7-6-8-20-12/h6-8,11H,4-5,9-10H2,1-3H3,(H,15,18)(H,16,19). The van der Waals surface area contributed by atoms with Crippen molar-refractivity contribution in [2.45, 2.75) is 26.8 Å². The second-order valence-electron chi connectivity index (χ2n) is 4.56. The average molecular weight is 297 g/mol. The van der Waals surface area contributed by atoms with Crippen molar-refractivity contribution in [2.75, 3.05) is 26.2 Å². The number of nitrogens with one attached hydrogen (secondary N) is 2. The van der Waals surface area contributed by atoms with E-state index in [0.29, 0.717) is 13.1 Å². The Balaban J connectivity index is 2.41. The Morgan fingerprint density at radius 1 is 1.30 bits per heavy atom. The molecule has 20 heavy (non-hydrogen) atoms. The third kappa shape index (κ3) is 5.71. The van der Waals surface area contributed by atoms with Crippen molar-refractivity contribution in [1.82, 2.24) is 15.5 Å². The Bertz CT molecular complexity index is 420. The third-order valence-corrected chi connectivity index (χ3v) is 3.96. The number of likely N-dealkylation sites (N-methyl/N-ethyl adjacent to an activating group) is 2. The number of hydrogen-bond donors (Lipinski definition) is 2. The van der Waals surface area contributed by atoms with Crippen LogP contribution in [0.2, 0.25) is 0 Å². The Morgan fingerprint density at radius 2 is 2.00 bits per heavy atom. The highest BCUT2D eigenvalue weighted by atomic mass is 32.1. The van der Waals surface area contributed by atoms with Crippen LogP contribution in [0.1, 0.15) is 31.7 Å². The van der Waals surface area contributed by atoms with E-state index >= 15 is 0 Å². The van der Waals surface area contributed by atoms with Crippen molar-refractivity contribution in [1.29, 1.82) is 0 Å². The van der Waals surface area contributed by atoms with E-state index in [1.165, 1.54) is 0 Å². The van der Waals surface area contributed by atoms with E-state index < -0.39 is 0 Å². The van der Waals surface area contributed by atoms with E-state index in [2.05, 4.69) is 10.6 Å². The molecule has 0 fully saturated rings. The molecule has 0 saturated heterocycles. The molecule has 5 nitrogen and oxygen atoms in total. The van der Waals surface area contributed by atoms with E-state index in [-0.39, 0.29) is 30.9 Å². The number of hydrogen-bond acceptors (Lipinski definition) is 4. The Labute approximate surface area is 124 Å². The van der Waals surface area contributed by atoms with Gasteiger partial charge in [0.25, 0.3) is 0 Å². The molecule has 1 aromatic rings. The van der Waals surface area contributed by atoms with Crippen molar-refractivity contribution in [2.24, 2.45) is 0 Å². The van der Waals surface area contributed by atoms with Gasteiger partial charge in [-0.15, -0.1) is 11.3 Å². The minimum absolute atomic E-state index is 0.00525. The minimum atomic E-state index is -0.0583. The summed E-state index contributed by atoms with van der Waals surface area (Å²) in [4.78, 5) is 26.4. The van der Waals surface area contributed by atoms with Gasteiger partial charge in [0.15, 0.2) is 0 Å². The van der Waals surface area contributed by atoms with E-state index in [1.807, 2.05) is 43.2 Å². The van der Waals surface area contributed by atoms with E-state index in [1.54, 1.807) is 11.3 Å². The zero-order valence-electron chi connectivity index (χ0n) is 12.3. The molecule has 1 heterocycles. The summed E-state index contributed by atoms with van der Waals surface area (Å²) < 4.78 is 0. The largest absolute Gasteiger partial charge is 0.355 e. The van der Waals surface area contributed by atoms with Crippen molar-refractivity contribution in [3.63, 3.8) is 0 Å². The summed E-state index contributed by atoms with van der Waals surface area (Å²) in [6, 6.07) is 3.98. The van der Waals surface area contributed by atoms with Crippen LogP contribution < -0.4 is 10.6 Å². The van der Waals surface area contributed by atoms with Gasteiger partial charge in [0.2, 0.25) is 11.8 Å². The van der Waals surface area contributed by atoms with Crippen LogP contribution in [0.4, 0.5) is 0 Å². The third-order valence-electron chi connectivity index (χ3n) is 2.90. The van der Waals surface area contributed by atoms with Gasteiger partial charge >= 0.3 is 0 Å². The lowest BCUT2D eigenvalue weighted by Gasteiger charge is -2.20. The molecule has 0 radical (unpaired) electrons. The van der Waals surface area contributed by atoms with Crippen LogP contribution >= 0.6 is 11.3 Å². The van der Waals surface area contributed by atoms with Gasteiger partial charge in [0.05, 0.1) is 19.1 Å². The smallest absolute Gasteiger partial charge is 0.234 e. The van der Waals surface area contributed by atoms with Crippen molar-refractivity contribution < 1.29 is 9.59 Å². The Morgan fingerprint density at radius 3 is 2.55 bits per heavy atom. The Hall–Kier alpha value is -1.40. The number of rotatable bonds is 8. The molecule has 0 spiro atoms. The van der Waals surface area contributed by atoms with Gasteiger partial charge in [0, 0.05) is 11.4 Å². The molecule has 112 valence electrons. The van der Waals surface area contributed by atoms with E-state index in [0.717, 1.165) is 4.88 Å². The van der Waals surface area contributed by atoms with Crippen LogP contribution in [0.3, 0.4) is 0 Å². The molecule has 1 unspecified atom stereocenters. The van der Waals surface area contributed by atoms with E-state index in [4.69, 9.17) is 0 Å². The molecule has 0 aliphatic heterocycles. The summed E-state index contributed by atoms with van der Waals surface area (Å²) in [6.45, 7) is 7.55. The van der Waals surface area contributed by atoms with E-state index in [9.17, 15) is 9.59 Å². The van der Waals surface area contributed by atoms with Crippen LogP contribution in [0.5, 0.6) is 0 Å². The SMILES string of the molecule is CCNC(=O)CN(CC)CC(=O)NC(C)c1cccs1. The lowest BCUT2D eigenvalue weighted by molar-refractivity contribution is -0.125. The predicted molar refractivity (Wildman–Crippen MR) is 81.7 cm³/mol. The number of nitrogens with zero attached hydrogens (tertiary/aromatic N) is 1. The van der Waals surface area contributed by atoms with Gasteiger partial charge in [-0.05, 0) is 31.8 Å². The molecule has 0 saturated carbocycles. The lowest BCUT2D eigenvalue weighted by atomic mass is 10.2. The van der Waals surface area contributed by atoms with Crippen LogP contribution in [0.25, 0.3) is 0 Å². The van der Waals surface area contributed by atoms with Gasteiger partial charge in [-0.25, -0.2) is 0 Å². The zero-order chi connectivity index (χ0) is 15.0. The normalized spacial score (nSPS) is 12.2. The summed E-state index contributed by atoms with van der Waals surface area (Å²) in [6.07, 6.45) is 0. The van der Waals surface area contributed by atoms with Crippen molar-refractivity contribution in [3.8, 4) is 0 Å². The molecular weight excluding hydrogens is 274 g/mol. The summed E-state index contributed by atoms with van der Waals surface area (Å²) in [5.41, 5.74) is 0. The fourth-order valence-electron chi connectivity index (χ4n) is 1.83. The highest BCUT2D eigenvalue weighted by Crippen LogP contribution is 2.17. The number of thiophene rings is 1. The van der Waals surface area contributed by atoms with Gasteiger partial charge < -0.3 is 10.6 Å². The van der Waals surface area contributed by atoms with Gasteiger partial charge in [-0.3, -0.25) is 14.5 Å². The monoisotopic (exact) mass is 297 g/mol. The number of carbonyl (C=O) groups excluding carboxylic acids is 2. The summed E-state index contributed by atoms with van der Waals surface area (Å²) in [5.74, 6) is -0.106. The average Bonchev–Trinajstić information content (AvgIpc) is 2.92. The second kappa shape index (κ2) is 8.71. The molecule has 2 N–H and O–H groups in total. The van der Waals surface area contributed by atoms with Crippen LogP contribution in [-0.2, 0) is 9.59 Å². The summed E-state index contributed by atoms with van der Waals surface area (Å²) in [7, 11) is 0. The molecule has 0 aliphatic carbocycles. The highest BCUT2D eigenvalue weighted by Gasteiger charge is 2.15. The zero-order valence-corrected chi connectivity index (χ0v) is 13.1. The number of amides is 2. The first kappa shape index (κ1) is 16.7. The van der Waals surface area contributed by atoms with Crippen LogP contribution in [-0.4, -0.2) is 42.9 Å². The highest BCUT2D eigenvalue weighted by molar-refractivity contribution is 7.10. The molecule has 1 rings (SSSR count). The number of carbonyl (C=O) groups is 2. The maximum Gasteiger partial charge on any atom is 0.234 e. The molecule has 6 heteroatoms.